The summed E-state index contributed by atoms with van der Waals surface area (Å²) >= 11 is 0. The molecule has 0 saturated carbocycles. The topological polar surface area (TPSA) is 148 Å². The van der Waals surface area contributed by atoms with Crippen molar-refractivity contribution in [2.75, 3.05) is 18.0 Å². The first-order valence-corrected chi connectivity index (χ1v) is 11.5. The Morgan fingerprint density at radius 3 is 2.37 bits per heavy atom. The summed E-state index contributed by atoms with van der Waals surface area (Å²) in [6.45, 7) is -0.684. The van der Waals surface area contributed by atoms with E-state index in [2.05, 4.69) is 15.3 Å². The Balaban J connectivity index is 1.81. The number of nitro benzene ring substituents is 1. The fourth-order valence-electron chi connectivity index (χ4n) is 2.96. The molecular weight excluding hydrogens is 476 g/mol. The van der Waals surface area contributed by atoms with E-state index in [-0.39, 0.29) is 16.3 Å². The van der Waals surface area contributed by atoms with Gasteiger partial charge in [0.15, 0.2) is 0 Å². The van der Waals surface area contributed by atoms with E-state index in [9.17, 15) is 28.1 Å². The molecule has 3 aromatic rings. The summed E-state index contributed by atoms with van der Waals surface area (Å²) in [6, 6.07) is 18.6. The lowest BCUT2D eigenvalue weighted by Gasteiger charge is -2.23. The average molecular weight is 497 g/mol. The number of esters is 1. The molecule has 0 aliphatic rings. The highest BCUT2D eigenvalue weighted by atomic mass is 32.2. The number of rotatable bonds is 9. The predicted octanol–water partition coefficient (Wildman–Crippen LogP) is 2.73. The summed E-state index contributed by atoms with van der Waals surface area (Å²) < 4.78 is 31.9. The summed E-state index contributed by atoms with van der Waals surface area (Å²) in [5.74, 6) is -1.28. The number of sulfonamides is 1. The Morgan fingerprint density at radius 1 is 1.06 bits per heavy atom. The highest BCUT2D eigenvalue weighted by molar-refractivity contribution is 7.92. The van der Waals surface area contributed by atoms with Gasteiger partial charge in [0.25, 0.3) is 21.6 Å². The lowest BCUT2D eigenvalue weighted by molar-refractivity contribution is -0.384. The molecule has 0 aliphatic carbocycles. The van der Waals surface area contributed by atoms with E-state index in [4.69, 9.17) is 0 Å². The molecule has 0 aliphatic heterocycles. The molecule has 180 valence electrons. The zero-order valence-electron chi connectivity index (χ0n) is 18.4. The smallest absolute Gasteiger partial charge is 0.337 e. The number of nitro groups is 1. The first-order valence-electron chi connectivity index (χ1n) is 10.0. The van der Waals surface area contributed by atoms with Crippen molar-refractivity contribution < 1.29 is 27.7 Å². The maximum atomic E-state index is 13.3. The number of ether oxygens (including phenoxy) is 1. The molecule has 0 unspecified atom stereocenters. The normalized spacial score (nSPS) is 11.1. The average Bonchev–Trinajstić information content (AvgIpc) is 2.87. The summed E-state index contributed by atoms with van der Waals surface area (Å²) in [5.41, 5.74) is 2.76. The number of carbonyl (C=O) groups is 2. The molecule has 1 N–H and O–H groups in total. The van der Waals surface area contributed by atoms with E-state index in [1.807, 2.05) is 0 Å². The van der Waals surface area contributed by atoms with Crippen molar-refractivity contribution in [3.05, 3.63) is 100 Å². The van der Waals surface area contributed by atoms with Gasteiger partial charge in [0.05, 0.1) is 34.4 Å². The van der Waals surface area contributed by atoms with Crippen LogP contribution in [0.3, 0.4) is 0 Å². The predicted molar refractivity (Wildman–Crippen MR) is 128 cm³/mol. The van der Waals surface area contributed by atoms with Gasteiger partial charge in [-0.15, -0.1) is 0 Å². The Morgan fingerprint density at radius 2 is 1.74 bits per heavy atom. The first-order chi connectivity index (χ1) is 16.7. The van der Waals surface area contributed by atoms with Crippen molar-refractivity contribution in [1.82, 2.24) is 5.43 Å². The number of nitrogens with one attached hydrogen (secondary N) is 1. The fourth-order valence-corrected chi connectivity index (χ4v) is 4.40. The Kier molecular flexibility index (Phi) is 7.89. The second kappa shape index (κ2) is 11.0. The molecule has 0 radical (unpaired) electrons. The number of benzene rings is 3. The largest absolute Gasteiger partial charge is 0.465 e. The van der Waals surface area contributed by atoms with E-state index in [0.717, 1.165) is 10.4 Å². The van der Waals surface area contributed by atoms with Crippen LogP contribution in [0.5, 0.6) is 0 Å². The van der Waals surface area contributed by atoms with Crippen LogP contribution in [0.25, 0.3) is 0 Å². The van der Waals surface area contributed by atoms with E-state index in [1.54, 1.807) is 18.2 Å². The number of hydrogen-bond donors (Lipinski definition) is 1. The maximum absolute atomic E-state index is 13.3. The second-order valence-corrected chi connectivity index (χ2v) is 8.87. The molecule has 0 atom stereocenters. The van der Waals surface area contributed by atoms with Crippen molar-refractivity contribution in [3.8, 4) is 0 Å². The van der Waals surface area contributed by atoms with E-state index in [0.29, 0.717) is 11.1 Å². The number of amides is 1. The van der Waals surface area contributed by atoms with Gasteiger partial charge in [0.2, 0.25) is 0 Å². The standard InChI is InChI=1S/C23H20N4O7S/c1-34-23(29)18-12-10-17(11-13-18)15-24-25-22(28)16-26(19-6-5-7-20(14-19)27(30)31)35(32,33)21-8-3-2-4-9-21/h2-15H,16H2,1H3,(H,25,28)/b24-15-. The summed E-state index contributed by atoms with van der Waals surface area (Å²) in [7, 11) is -2.96. The Hall–Kier alpha value is -4.58. The minimum atomic E-state index is -4.23. The minimum absolute atomic E-state index is 0.0550. The number of hydrazone groups is 1. The lowest BCUT2D eigenvalue weighted by Crippen LogP contribution is -2.39. The van der Waals surface area contributed by atoms with Crippen molar-refractivity contribution in [1.29, 1.82) is 0 Å². The van der Waals surface area contributed by atoms with Crippen LogP contribution in [0.4, 0.5) is 11.4 Å². The maximum Gasteiger partial charge on any atom is 0.337 e. The SMILES string of the molecule is COC(=O)c1ccc(/C=N\NC(=O)CN(c2cccc([N+](=O)[O-])c2)S(=O)(=O)c2ccccc2)cc1. The fraction of sp³-hybridized carbons (Fsp3) is 0.0870. The monoisotopic (exact) mass is 496 g/mol. The quantitative estimate of drug-likeness (QED) is 0.207. The third kappa shape index (κ3) is 6.26. The summed E-state index contributed by atoms with van der Waals surface area (Å²) in [4.78, 5) is 34.5. The van der Waals surface area contributed by atoms with Gasteiger partial charge in [0, 0.05) is 12.1 Å². The number of non-ortho nitro benzene ring substituents is 1. The molecule has 12 heteroatoms. The third-order valence-corrected chi connectivity index (χ3v) is 6.47. The van der Waals surface area contributed by atoms with Crippen molar-refractivity contribution in [3.63, 3.8) is 0 Å². The molecule has 35 heavy (non-hydrogen) atoms. The molecule has 0 bridgehead atoms. The van der Waals surface area contributed by atoms with E-state index >= 15 is 0 Å². The van der Waals surface area contributed by atoms with Crippen LogP contribution in [0.15, 0.2) is 88.9 Å². The van der Waals surface area contributed by atoms with Gasteiger partial charge in [-0.25, -0.2) is 18.6 Å². The Labute approximate surface area is 200 Å². The minimum Gasteiger partial charge on any atom is -0.465 e. The molecule has 3 rings (SSSR count). The number of methoxy groups -OCH3 is 1. The van der Waals surface area contributed by atoms with Gasteiger partial charge in [-0.2, -0.15) is 5.10 Å². The first kappa shape index (κ1) is 25.1. The number of hydrogen-bond acceptors (Lipinski definition) is 8. The third-order valence-electron chi connectivity index (χ3n) is 4.68. The van der Waals surface area contributed by atoms with Gasteiger partial charge in [-0.3, -0.25) is 19.2 Å². The Bertz CT molecular complexity index is 1360. The highest BCUT2D eigenvalue weighted by Crippen LogP contribution is 2.26. The van der Waals surface area contributed by atoms with Crippen LogP contribution in [0.1, 0.15) is 15.9 Å². The summed E-state index contributed by atoms with van der Waals surface area (Å²) in [5, 5.41) is 15.0. The zero-order valence-corrected chi connectivity index (χ0v) is 19.2. The molecule has 0 saturated heterocycles. The van der Waals surface area contributed by atoms with Crippen LogP contribution >= 0.6 is 0 Å². The van der Waals surface area contributed by atoms with Crippen LogP contribution in [0.2, 0.25) is 0 Å². The van der Waals surface area contributed by atoms with Gasteiger partial charge < -0.3 is 4.74 Å². The van der Waals surface area contributed by atoms with Gasteiger partial charge in [-0.1, -0.05) is 36.4 Å². The van der Waals surface area contributed by atoms with Crippen molar-refractivity contribution in [2.24, 2.45) is 5.10 Å². The molecule has 3 aromatic carbocycles. The van der Waals surface area contributed by atoms with E-state index in [1.165, 1.54) is 67.9 Å². The van der Waals surface area contributed by atoms with Gasteiger partial charge >= 0.3 is 5.97 Å². The number of carbonyl (C=O) groups excluding carboxylic acids is 2. The highest BCUT2D eigenvalue weighted by Gasteiger charge is 2.28. The molecule has 0 fully saturated rings. The van der Waals surface area contributed by atoms with Crippen LogP contribution in [-0.2, 0) is 19.6 Å². The van der Waals surface area contributed by atoms with Crippen LogP contribution < -0.4 is 9.73 Å². The van der Waals surface area contributed by atoms with Gasteiger partial charge in [-0.05, 0) is 35.9 Å². The molecule has 0 spiro atoms. The van der Waals surface area contributed by atoms with E-state index < -0.39 is 33.4 Å². The lowest BCUT2D eigenvalue weighted by atomic mass is 10.1. The summed E-state index contributed by atoms with van der Waals surface area (Å²) in [6.07, 6.45) is 1.31. The van der Waals surface area contributed by atoms with Crippen LogP contribution in [-0.4, -0.2) is 45.1 Å². The molecular formula is C23H20N4O7S. The van der Waals surface area contributed by atoms with Crippen LogP contribution in [0, 0.1) is 10.1 Å². The second-order valence-electron chi connectivity index (χ2n) is 7.01. The molecule has 0 aromatic heterocycles. The van der Waals surface area contributed by atoms with Crippen molar-refractivity contribution in [2.45, 2.75) is 4.90 Å². The zero-order chi connectivity index (χ0) is 25.4. The molecule has 11 nitrogen and oxygen atoms in total. The van der Waals surface area contributed by atoms with Crippen molar-refractivity contribution >= 4 is 39.5 Å². The number of anilines is 1. The van der Waals surface area contributed by atoms with Gasteiger partial charge in [0.1, 0.15) is 6.54 Å². The molecule has 0 heterocycles. The number of nitrogens with zero attached hydrogens (tertiary/aromatic N) is 3. The molecule has 1 amide bonds.